The number of nitrogens with zero attached hydrogens (tertiary/aromatic N) is 1. The molecule has 0 bridgehead atoms. The first-order chi connectivity index (χ1) is 16.2. The van der Waals surface area contributed by atoms with Gasteiger partial charge in [0.25, 0.3) is 0 Å². The van der Waals surface area contributed by atoms with Crippen LogP contribution in [0.2, 0.25) is 0 Å². The second-order valence-electron chi connectivity index (χ2n) is 7.97. The monoisotopic (exact) mass is 447 g/mol. The molecule has 0 amide bonds. The van der Waals surface area contributed by atoms with E-state index in [9.17, 15) is 9.90 Å². The van der Waals surface area contributed by atoms with E-state index in [1.165, 1.54) is 0 Å². The first kappa shape index (κ1) is 24.6. The molecule has 33 heavy (non-hydrogen) atoms. The van der Waals surface area contributed by atoms with E-state index in [1.54, 1.807) is 6.92 Å². The van der Waals surface area contributed by atoms with Gasteiger partial charge in [0.15, 0.2) is 0 Å². The average molecular weight is 448 g/mol. The van der Waals surface area contributed by atoms with E-state index in [-0.39, 0.29) is 6.61 Å². The Morgan fingerprint density at radius 3 is 1.79 bits per heavy atom. The van der Waals surface area contributed by atoms with Crippen molar-refractivity contribution in [2.24, 2.45) is 0 Å². The molecule has 0 saturated carbocycles. The minimum Gasteiger partial charge on any atom is -0.465 e. The molecule has 0 unspecified atom stereocenters. The van der Waals surface area contributed by atoms with E-state index < -0.39 is 18.1 Å². The van der Waals surface area contributed by atoms with Gasteiger partial charge in [-0.05, 0) is 30.0 Å². The number of carbonyl (C=O) groups excluding carboxylic acids is 1. The molecular weight excluding hydrogens is 414 g/mol. The summed E-state index contributed by atoms with van der Waals surface area (Å²) in [7, 11) is 0. The lowest BCUT2D eigenvalue weighted by Crippen LogP contribution is -2.49. The smallest absolute Gasteiger partial charge is 0.326 e. The van der Waals surface area contributed by atoms with Crippen LogP contribution >= 0.6 is 0 Å². The summed E-state index contributed by atoms with van der Waals surface area (Å²) in [5, 5.41) is 11.1. The number of esters is 1. The molecule has 2 atom stereocenters. The fourth-order valence-electron chi connectivity index (χ4n) is 3.79. The van der Waals surface area contributed by atoms with Crippen molar-refractivity contribution < 1.29 is 19.4 Å². The number of benzene rings is 3. The molecule has 174 valence electrons. The summed E-state index contributed by atoms with van der Waals surface area (Å²) in [6.07, 6.45) is -0.594. The first-order valence-electron chi connectivity index (χ1n) is 11.5. The maximum atomic E-state index is 13.0. The number of rotatable bonds is 13. The zero-order valence-electron chi connectivity index (χ0n) is 19.2. The fourth-order valence-corrected chi connectivity index (χ4v) is 3.79. The molecule has 0 heterocycles. The van der Waals surface area contributed by atoms with Crippen LogP contribution in [0.3, 0.4) is 0 Å². The minimum absolute atomic E-state index is 0.261. The second kappa shape index (κ2) is 13.5. The third-order valence-electron chi connectivity index (χ3n) is 5.41. The van der Waals surface area contributed by atoms with E-state index in [0.29, 0.717) is 32.7 Å². The van der Waals surface area contributed by atoms with Crippen molar-refractivity contribution in [3.63, 3.8) is 0 Å². The summed E-state index contributed by atoms with van der Waals surface area (Å²) in [6.45, 7) is 3.88. The van der Waals surface area contributed by atoms with Crippen LogP contribution in [0.15, 0.2) is 91.0 Å². The molecule has 0 aromatic heterocycles. The van der Waals surface area contributed by atoms with E-state index in [2.05, 4.69) is 0 Å². The average Bonchev–Trinajstić information content (AvgIpc) is 2.84. The molecule has 0 fully saturated rings. The predicted octanol–water partition coefficient (Wildman–Crippen LogP) is 4.59. The molecule has 3 rings (SSSR count). The molecular formula is C28H33NO4. The lowest BCUT2D eigenvalue weighted by atomic mass is 10.0. The van der Waals surface area contributed by atoms with Gasteiger partial charge in [0, 0.05) is 19.7 Å². The molecule has 3 aromatic rings. The Kier molecular flexibility index (Phi) is 10.1. The Bertz CT molecular complexity index is 892. The van der Waals surface area contributed by atoms with Crippen molar-refractivity contribution in [3.05, 3.63) is 108 Å². The van der Waals surface area contributed by atoms with Crippen LogP contribution in [0.4, 0.5) is 0 Å². The van der Waals surface area contributed by atoms with Crippen LogP contribution in [0, 0.1) is 0 Å². The van der Waals surface area contributed by atoms with Gasteiger partial charge < -0.3 is 14.6 Å². The highest BCUT2D eigenvalue weighted by Crippen LogP contribution is 2.19. The Hall–Kier alpha value is -2.99. The Morgan fingerprint density at radius 2 is 1.30 bits per heavy atom. The molecule has 0 saturated heterocycles. The van der Waals surface area contributed by atoms with Crippen LogP contribution < -0.4 is 0 Å². The zero-order chi connectivity index (χ0) is 23.3. The molecule has 0 aliphatic heterocycles. The van der Waals surface area contributed by atoms with Gasteiger partial charge in [-0.15, -0.1) is 0 Å². The van der Waals surface area contributed by atoms with Gasteiger partial charge in [0.1, 0.15) is 6.04 Å². The topological polar surface area (TPSA) is 59.0 Å². The van der Waals surface area contributed by atoms with E-state index in [1.807, 2.05) is 95.9 Å². The lowest BCUT2D eigenvalue weighted by Gasteiger charge is -2.33. The van der Waals surface area contributed by atoms with Gasteiger partial charge in [0.05, 0.1) is 19.3 Å². The highest BCUT2D eigenvalue weighted by atomic mass is 16.5. The van der Waals surface area contributed by atoms with Crippen molar-refractivity contribution in [1.29, 1.82) is 0 Å². The van der Waals surface area contributed by atoms with Crippen LogP contribution in [0.1, 0.15) is 30.0 Å². The van der Waals surface area contributed by atoms with Crippen molar-refractivity contribution >= 4 is 5.97 Å². The Balaban J connectivity index is 1.73. The van der Waals surface area contributed by atoms with Crippen molar-refractivity contribution in [3.8, 4) is 0 Å². The molecule has 0 spiro atoms. The van der Waals surface area contributed by atoms with Crippen LogP contribution in [0.25, 0.3) is 0 Å². The van der Waals surface area contributed by atoms with Crippen molar-refractivity contribution in [2.45, 2.75) is 45.2 Å². The Labute approximate surface area is 196 Å². The quantitative estimate of drug-likeness (QED) is 0.307. The minimum atomic E-state index is -0.924. The van der Waals surface area contributed by atoms with E-state index in [0.717, 1.165) is 16.7 Å². The highest BCUT2D eigenvalue weighted by molar-refractivity contribution is 5.76. The predicted molar refractivity (Wildman–Crippen MR) is 129 cm³/mol. The molecule has 0 radical (unpaired) electrons. The van der Waals surface area contributed by atoms with Crippen molar-refractivity contribution in [2.75, 3.05) is 13.2 Å². The molecule has 0 aliphatic rings. The molecule has 5 nitrogen and oxygen atoms in total. The molecule has 1 N–H and O–H groups in total. The SMILES string of the molecule is CCOC(=O)[C@@H]([C@@H](O)CCOCc1ccccc1)N(Cc1ccccc1)Cc1ccccc1. The molecule has 3 aromatic carbocycles. The van der Waals surface area contributed by atoms with E-state index >= 15 is 0 Å². The summed E-state index contributed by atoms with van der Waals surface area (Å²) < 4.78 is 11.1. The first-order valence-corrected chi connectivity index (χ1v) is 11.5. The number of aliphatic hydroxyl groups is 1. The summed E-state index contributed by atoms with van der Waals surface area (Å²) in [5.74, 6) is -0.417. The van der Waals surface area contributed by atoms with Gasteiger partial charge in [-0.1, -0.05) is 91.0 Å². The standard InChI is InChI=1S/C28H33NO4/c1-2-33-28(31)27(26(30)18-19-32-22-25-16-10-5-11-17-25)29(20-23-12-6-3-7-13-23)21-24-14-8-4-9-15-24/h3-17,26-27,30H,2,18-22H2,1H3/t26-,27+/m0/s1. The number of carbonyl (C=O) groups is 1. The highest BCUT2D eigenvalue weighted by Gasteiger charge is 2.34. The van der Waals surface area contributed by atoms with Gasteiger partial charge in [-0.25, -0.2) is 0 Å². The summed E-state index contributed by atoms with van der Waals surface area (Å²) in [5.41, 5.74) is 3.20. The number of ether oxygens (including phenoxy) is 2. The summed E-state index contributed by atoms with van der Waals surface area (Å²) in [4.78, 5) is 15.0. The fraction of sp³-hybridized carbons (Fsp3) is 0.321. The van der Waals surface area contributed by atoms with Gasteiger partial charge in [-0.3, -0.25) is 9.69 Å². The maximum absolute atomic E-state index is 13.0. The van der Waals surface area contributed by atoms with Crippen LogP contribution in [0.5, 0.6) is 0 Å². The van der Waals surface area contributed by atoms with Gasteiger partial charge in [-0.2, -0.15) is 0 Å². The summed E-state index contributed by atoms with van der Waals surface area (Å²) in [6, 6.07) is 29.0. The number of aliphatic hydroxyl groups excluding tert-OH is 1. The normalized spacial score (nSPS) is 12.9. The number of hydrogen-bond acceptors (Lipinski definition) is 5. The lowest BCUT2D eigenvalue weighted by molar-refractivity contribution is -0.155. The zero-order valence-corrected chi connectivity index (χ0v) is 19.2. The number of hydrogen-bond donors (Lipinski definition) is 1. The molecule has 5 heteroatoms. The molecule has 0 aliphatic carbocycles. The van der Waals surface area contributed by atoms with E-state index in [4.69, 9.17) is 9.47 Å². The Morgan fingerprint density at radius 1 is 0.818 bits per heavy atom. The van der Waals surface area contributed by atoms with Crippen LogP contribution in [-0.4, -0.2) is 41.3 Å². The third kappa shape index (κ3) is 8.13. The van der Waals surface area contributed by atoms with Gasteiger partial charge in [0.2, 0.25) is 0 Å². The third-order valence-corrected chi connectivity index (χ3v) is 5.41. The maximum Gasteiger partial charge on any atom is 0.326 e. The van der Waals surface area contributed by atoms with Crippen LogP contribution in [-0.2, 0) is 34.0 Å². The largest absolute Gasteiger partial charge is 0.465 e. The van der Waals surface area contributed by atoms with Gasteiger partial charge >= 0.3 is 5.97 Å². The van der Waals surface area contributed by atoms with Crippen molar-refractivity contribution in [1.82, 2.24) is 4.90 Å². The second-order valence-corrected chi connectivity index (χ2v) is 7.97. The summed E-state index contributed by atoms with van der Waals surface area (Å²) >= 11 is 0.